The standard InChI is InChI=1S/C70H131NO10/c1-3-5-7-9-11-13-15-17-19-21-23-25-27-29-30-31-32-33-34-36-37-39-41-43-45-47-49-51-53-55-57-62(73)65(75)61(60-80-70-68(78)67(77)66(76)64(59-72)81-70)71-69(79)63(74)58-56-54-52-50-48-46-44-42-40-38-35-28-26-24-22-20-18-16-14-12-10-8-6-4-2/h24,26,35,38,41,43,49,51,61-68,70,72-78H,3-23,25,27-34,36-37,39-40,42,44-48,50,52-60H2,1-2H3,(H,71,79)/b26-24-,38-35-,43-41+,51-49+. The maximum absolute atomic E-state index is 13.2. The summed E-state index contributed by atoms with van der Waals surface area (Å²) in [7, 11) is 0. The van der Waals surface area contributed by atoms with Gasteiger partial charge in [-0.15, -0.1) is 0 Å². The molecule has 1 rings (SSSR count). The first-order valence-electron chi connectivity index (χ1n) is 34.5. The van der Waals surface area contributed by atoms with Crippen LogP contribution in [-0.2, 0) is 14.3 Å². The summed E-state index contributed by atoms with van der Waals surface area (Å²) < 4.78 is 11.2. The van der Waals surface area contributed by atoms with E-state index in [1.807, 2.05) is 0 Å². The molecule has 81 heavy (non-hydrogen) atoms. The Morgan fingerprint density at radius 2 is 0.778 bits per heavy atom. The van der Waals surface area contributed by atoms with Gasteiger partial charge in [-0.25, -0.2) is 0 Å². The molecule has 0 aromatic carbocycles. The molecule has 11 nitrogen and oxygen atoms in total. The normalized spacial score (nSPS) is 19.4. The van der Waals surface area contributed by atoms with Crippen LogP contribution in [-0.4, -0.2) is 110 Å². The zero-order chi connectivity index (χ0) is 58.9. The van der Waals surface area contributed by atoms with Gasteiger partial charge in [0.2, 0.25) is 5.91 Å². The van der Waals surface area contributed by atoms with E-state index >= 15 is 0 Å². The lowest BCUT2D eigenvalue weighted by Gasteiger charge is -2.40. The maximum atomic E-state index is 13.2. The van der Waals surface area contributed by atoms with Gasteiger partial charge in [-0.2, -0.15) is 0 Å². The molecule has 0 spiro atoms. The molecule has 0 aromatic heterocycles. The third-order valence-corrected chi connectivity index (χ3v) is 16.6. The van der Waals surface area contributed by atoms with Crippen molar-refractivity contribution in [2.45, 2.75) is 377 Å². The van der Waals surface area contributed by atoms with Crippen molar-refractivity contribution in [3.63, 3.8) is 0 Å². The highest BCUT2D eigenvalue weighted by atomic mass is 16.7. The molecule has 0 bridgehead atoms. The van der Waals surface area contributed by atoms with Gasteiger partial charge < -0.3 is 50.5 Å². The van der Waals surface area contributed by atoms with Crippen molar-refractivity contribution in [1.82, 2.24) is 5.32 Å². The summed E-state index contributed by atoms with van der Waals surface area (Å²) >= 11 is 0. The van der Waals surface area contributed by atoms with E-state index in [2.05, 4.69) is 67.8 Å². The number of allylic oxidation sites excluding steroid dienone is 8. The fourth-order valence-corrected chi connectivity index (χ4v) is 11.0. The van der Waals surface area contributed by atoms with Gasteiger partial charge in [0.05, 0.1) is 25.4 Å². The Hall–Kier alpha value is -1.93. The number of ether oxygens (including phenoxy) is 2. The van der Waals surface area contributed by atoms with E-state index in [-0.39, 0.29) is 12.8 Å². The van der Waals surface area contributed by atoms with Crippen LogP contribution < -0.4 is 5.32 Å². The highest BCUT2D eigenvalue weighted by molar-refractivity contribution is 5.80. The molecular formula is C70H131NO10. The minimum atomic E-state index is -1.68. The quantitative estimate of drug-likeness (QED) is 0.0215. The van der Waals surface area contributed by atoms with Crippen molar-refractivity contribution in [3.05, 3.63) is 48.6 Å². The van der Waals surface area contributed by atoms with Crippen LogP contribution >= 0.6 is 0 Å². The number of hydrogen-bond acceptors (Lipinski definition) is 10. The minimum absolute atomic E-state index is 0.243. The van der Waals surface area contributed by atoms with Crippen molar-refractivity contribution in [3.8, 4) is 0 Å². The second-order valence-corrected chi connectivity index (χ2v) is 24.2. The van der Waals surface area contributed by atoms with E-state index in [4.69, 9.17) is 9.47 Å². The topological polar surface area (TPSA) is 189 Å². The van der Waals surface area contributed by atoms with Crippen molar-refractivity contribution < 1.29 is 50.0 Å². The van der Waals surface area contributed by atoms with Crippen LogP contribution in [0.25, 0.3) is 0 Å². The molecule has 0 saturated carbocycles. The molecule has 8 N–H and O–H groups in total. The van der Waals surface area contributed by atoms with E-state index in [0.29, 0.717) is 19.3 Å². The molecule has 1 amide bonds. The summed E-state index contributed by atoms with van der Waals surface area (Å²) in [6, 6.07) is -1.20. The third kappa shape index (κ3) is 46.0. The fraction of sp³-hybridized carbons (Fsp3) is 0.871. The van der Waals surface area contributed by atoms with Gasteiger partial charge in [-0.1, -0.05) is 287 Å². The average Bonchev–Trinajstić information content (AvgIpc) is 3.51. The predicted octanol–water partition coefficient (Wildman–Crippen LogP) is 16.4. The Bertz CT molecular complexity index is 1460. The number of carbonyl (C=O) groups excluding carboxylic acids is 1. The van der Waals surface area contributed by atoms with Crippen molar-refractivity contribution in [2.24, 2.45) is 0 Å². The Balaban J connectivity index is 2.25. The summed E-state index contributed by atoms with van der Waals surface area (Å²) in [5.74, 6) is -0.712. The van der Waals surface area contributed by atoms with Crippen molar-refractivity contribution >= 4 is 5.91 Å². The van der Waals surface area contributed by atoms with E-state index in [1.165, 1.54) is 218 Å². The van der Waals surface area contributed by atoms with Crippen LogP contribution in [0.2, 0.25) is 0 Å². The molecule has 0 radical (unpaired) electrons. The maximum Gasteiger partial charge on any atom is 0.249 e. The molecule has 1 aliphatic rings. The Morgan fingerprint density at radius 3 is 1.17 bits per heavy atom. The molecule has 1 heterocycles. The summed E-state index contributed by atoms with van der Waals surface area (Å²) in [5, 5.41) is 76.4. The molecule has 11 heteroatoms. The summed E-state index contributed by atoms with van der Waals surface area (Å²) in [6.45, 7) is 3.48. The number of rotatable bonds is 60. The summed E-state index contributed by atoms with van der Waals surface area (Å²) in [5.41, 5.74) is 0. The molecule has 476 valence electrons. The molecule has 1 saturated heterocycles. The van der Waals surface area contributed by atoms with Crippen LogP contribution in [0.15, 0.2) is 48.6 Å². The number of aliphatic hydroxyl groups excluding tert-OH is 7. The third-order valence-electron chi connectivity index (χ3n) is 16.6. The Labute approximate surface area is 498 Å². The molecule has 0 aliphatic carbocycles. The first-order chi connectivity index (χ1) is 39.7. The van der Waals surface area contributed by atoms with Gasteiger partial charge in [-0.3, -0.25) is 4.79 Å². The van der Waals surface area contributed by atoms with Gasteiger partial charge in [-0.05, 0) is 83.5 Å². The van der Waals surface area contributed by atoms with Gasteiger partial charge in [0.25, 0.3) is 0 Å². The van der Waals surface area contributed by atoms with Crippen molar-refractivity contribution in [1.29, 1.82) is 0 Å². The molecule has 1 fully saturated rings. The number of hydrogen-bond donors (Lipinski definition) is 8. The van der Waals surface area contributed by atoms with Gasteiger partial charge in [0, 0.05) is 0 Å². The summed E-state index contributed by atoms with van der Waals surface area (Å²) in [4.78, 5) is 13.2. The van der Waals surface area contributed by atoms with Crippen LogP contribution in [0.1, 0.15) is 322 Å². The monoisotopic (exact) mass is 1150 g/mol. The number of amides is 1. The van der Waals surface area contributed by atoms with E-state index in [0.717, 1.165) is 57.8 Å². The second kappa shape index (κ2) is 58.5. The molecular weight excluding hydrogens is 1010 g/mol. The average molecular weight is 1150 g/mol. The fourth-order valence-electron chi connectivity index (χ4n) is 11.0. The molecule has 9 atom stereocenters. The lowest BCUT2D eigenvalue weighted by molar-refractivity contribution is -0.303. The SMILES string of the molecule is CCCCCCCCCCC/C=C\C/C=C\CCCCCCCCCCC(O)C(=O)NC(COC1OC(CO)C(O)C(O)C1O)C(O)C(O)CCC/C=C/CC/C=C/CCCCCCCCCCCCCCCCCCCCCCC. The highest BCUT2D eigenvalue weighted by Crippen LogP contribution is 2.24. The van der Waals surface area contributed by atoms with Crippen molar-refractivity contribution in [2.75, 3.05) is 13.2 Å². The Kier molecular flexibility index (Phi) is 55.6. The zero-order valence-corrected chi connectivity index (χ0v) is 52.5. The van der Waals surface area contributed by atoms with E-state index < -0.39 is 74.2 Å². The minimum Gasteiger partial charge on any atom is -0.394 e. The van der Waals surface area contributed by atoms with Crippen LogP contribution in [0, 0.1) is 0 Å². The smallest absolute Gasteiger partial charge is 0.249 e. The first kappa shape index (κ1) is 77.1. The lowest BCUT2D eigenvalue weighted by Crippen LogP contribution is -2.60. The van der Waals surface area contributed by atoms with E-state index in [1.54, 1.807) is 0 Å². The lowest BCUT2D eigenvalue weighted by atomic mass is 9.98. The largest absolute Gasteiger partial charge is 0.394 e. The number of unbranched alkanes of at least 4 members (excludes halogenated alkanes) is 40. The number of carbonyl (C=O) groups is 1. The molecule has 0 aromatic rings. The van der Waals surface area contributed by atoms with E-state index in [9.17, 15) is 40.5 Å². The van der Waals surface area contributed by atoms with Crippen LogP contribution in [0.3, 0.4) is 0 Å². The Morgan fingerprint density at radius 1 is 0.432 bits per heavy atom. The van der Waals surface area contributed by atoms with Gasteiger partial charge >= 0.3 is 0 Å². The van der Waals surface area contributed by atoms with Gasteiger partial charge in [0.15, 0.2) is 6.29 Å². The highest BCUT2D eigenvalue weighted by Gasteiger charge is 2.44. The van der Waals surface area contributed by atoms with Crippen LogP contribution in [0.4, 0.5) is 0 Å². The first-order valence-corrected chi connectivity index (χ1v) is 34.5. The van der Waals surface area contributed by atoms with Gasteiger partial charge in [0.1, 0.15) is 36.6 Å². The number of nitrogens with one attached hydrogen (secondary N) is 1. The zero-order valence-electron chi connectivity index (χ0n) is 52.5. The molecule has 9 unspecified atom stereocenters. The molecule has 1 aliphatic heterocycles. The predicted molar refractivity (Wildman–Crippen MR) is 339 cm³/mol. The second-order valence-electron chi connectivity index (χ2n) is 24.2. The summed E-state index contributed by atoms with van der Waals surface area (Å²) in [6.07, 6.45) is 64.8. The van der Waals surface area contributed by atoms with Crippen LogP contribution in [0.5, 0.6) is 0 Å². The number of aliphatic hydroxyl groups is 7.